The molecule has 1 amide bonds. The van der Waals surface area contributed by atoms with Gasteiger partial charge in [0, 0.05) is 23.3 Å². The van der Waals surface area contributed by atoms with Gasteiger partial charge in [-0.05, 0) is 37.0 Å². The normalized spacial score (nSPS) is 15.3. The van der Waals surface area contributed by atoms with Gasteiger partial charge in [-0.15, -0.1) is 0 Å². The Morgan fingerprint density at radius 3 is 2.52 bits per heavy atom. The number of nitrogens with zero attached hydrogens (tertiary/aromatic N) is 1. The Morgan fingerprint density at radius 1 is 1.43 bits per heavy atom. The molecule has 0 spiro atoms. The van der Waals surface area contributed by atoms with Crippen molar-refractivity contribution in [2.75, 3.05) is 6.54 Å². The Labute approximate surface area is 128 Å². The lowest BCUT2D eigenvalue weighted by molar-refractivity contribution is 0.0717. The summed E-state index contributed by atoms with van der Waals surface area (Å²) < 4.78 is 36.6. The molecule has 1 aliphatic carbocycles. The molecule has 2 rings (SSSR count). The summed E-state index contributed by atoms with van der Waals surface area (Å²) >= 11 is 0. The molecule has 1 fully saturated rings. The van der Waals surface area contributed by atoms with Crippen LogP contribution in [-0.4, -0.2) is 31.8 Å². The molecule has 0 unspecified atom stereocenters. The molecular formula is C14H17ClFNO3S. The molecule has 0 bridgehead atoms. The van der Waals surface area contributed by atoms with E-state index in [9.17, 15) is 17.6 Å². The first-order chi connectivity index (χ1) is 9.70. The minimum absolute atomic E-state index is 0.121. The first-order valence-corrected chi connectivity index (χ1v) is 9.06. The lowest BCUT2D eigenvalue weighted by Crippen LogP contribution is -2.36. The van der Waals surface area contributed by atoms with Gasteiger partial charge >= 0.3 is 0 Å². The lowest BCUT2D eigenvalue weighted by atomic mass is 10.1. The highest BCUT2D eigenvalue weighted by Gasteiger charge is 2.34. The number of amides is 1. The molecule has 0 N–H and O–H groups in total. The van der Waals surface area contributed by atoms with Crippen LogP contribution in [0.1, 0.15) is 37.0 Å². The van der Waals surface area contributed by atoms with E-state index in [4.69, 9.17) is 10.7 Å². The van der Waals surface area contributed by atoms with Crippen LogP contribution in [-0.2, 0) is 9.05 Å². The highest BCUT2D eigenvalue weighted by Crippen LogP contribution is 2.30. The van der Waals surface area contributed by atoms with Crippen molar-refractivity contribution in [2.24, 2.45) is 5.92 Å². The molecule has 0 aromatic heterocycles. The van der Waals surface area contributed by atoms with E-state index in [1.807, 2.05) is 13.8 Å². The molecule has 0 atom stereocenters. The van der Waals surface area contributed by atoms with E-state index in [0.717, 1.165) is 31.0 Å². The van der Waals surface area contributed by atoms with Crippen molar-refractivity contribution >= 4 is 25.6 Å². The summed E-state index contributed by atoms with van der Waals surface area (Å²) in [5.74, 6) is -0.970. The Balaban J connectivity index is 2.37. The Hall–Kier alpha value is -1.14. The van der Waals surface area contributed by atoms with Gasteiger partial charge in [-0.1, -0.05) is 13.8 Å². The van der Waals surface area contributed by atoms with Crippen LogP contribution in [0.5, 0.6) is 0 Å². The average molecular weight is 334 g/mol. The van der Waals surface area contributed by atoms with E-state index in [1.165, 1.54) is 0 Å². The van der Waals surface area contributed by atoms with Crippen molar-refractivity contribution in [1.29, 1.82) is 0 Å². The second-order valence-corrected chi connectivity index (χ2v) is 8.23. The zero-order valence-electron chi connectivity index (χ0n) is 11.8. The Kier molecular flexibility index (Phi) is 4.58. The zero-order chi connectivity index (χ0) is 15.8. The lowest BCUT2D eigenvalue weighted by Gasteiger charge is -2.24. The van der Waals surface area contributed by atoms with E-state index in [0.29, 0.717) is 6.54 Å². The first kappa shape index (κ1) is 16.2. The highest BCUT2D eigenvalue weighted by atomic mass is 35.7. The van der Waals surface area contributed by atoms with Crippen LogP contribution in [0.4, 0.5) is 4.39 Å². The van der Waals surface area contributed by atoms with Gasteiger partial charge in [-0.25, -0.2) is 12.8 Å². The Bertz CT molecular complexity index is 656. The van der Waals surface area contributed by atoms with Gasteiger partial charge in [0.2, 0.25) is 0 Å². The van der Waals surface area contributed by atoms with Crippen molar-refractivity contribution in [3.63, 3.8) is 0 Å². The molecule has 0 heterocycles. The van der Waals surface area contributed by atoms with Gasteiger partial charge in [0.15, 0.2) is 0 Å². The van der Waals surface area contributed by atoms with Crippen molar-refractivity contribution in [1.82, 2.24) is 4.90 Å². The maximum absolute atomic E-state index is 13.9. The topological polar surface area (TPSA) is 54.5 Å². The number of carbonyl (C=O) groups excluding carboxylic acids is 1. The molecule has 7 heteroatoms. The fourth-order valence-corrected chi connectivity index (χ4v) is 2.93. The van der Waals surface area contributed by atoms with Gasteiger partial charge in [0.05, 0.1) is 10.5 Å². The predicted octanol–water partition coefficient (Wildman–Crippen LogP) is 3.01. The van der Waals surface area contributed by atoms with Crippen LogP contribution >= 0.6 is 10.7 Å². The molecule has 0 aliphatic heterocycles. The van der Waals surface area contributed by atoms with Gasteiger partial charge in [0.1, 0.15) is 5.82 Å². The van der Waals surface area contributed by atoms with Gasteiger partial charge < -0.3 is 4.90 Å². The summed E-state index contributed by atoms with van der Waals surface area (Å²) in [6.45, 7) is 4.46. The SMILES string of the molecule is CC(C)CN(C(=O)c1cc(S(=O)(=O)Cl)ccc1F)C1CC1. The number of hydrogen-bond acceptors (Lipinski definition) is 3. The maximum Gasteiger partial charge on any atom is 0.261 e. The van der Waals surface area contributed by atoms with E-state index in [2.05, 4.69) is 0 Å². The third-order valence-electron chi connectivity index (χ3n) is 3.26. The largest absolute Gasteiger partial charge is 0.335 e. The molecule has 1 saturated carbocycles. The summed E-state index contributed by atoms with van der Waals surface area (Å²) in [6, 6.07) is 3.15. The Morgan fingerprint density at radius 2 is 2.05 bits per heavy atom. The molecule has 1 aliphatic rings. The quantitative estimate of drug-likeness (QED) is 0.778. The minimum atomic E-state index is -3.99. The molecule has 0 radical (unpaired) electrons. The van der Waals surface area contributed by atoms with Crippen LogP contribution in [0.25, 0.3) is 0 Å². The molecule has 1 aromatic rings. The fraction of sp³-hybridized carbons (Fsp3) is 0.500. The smallest absolute Gasteiger partial charge is 0.261 e. The van der Waals surface area contributed by atoms with Crippen molar-refractivity contribution in [2.45, 2.75) is 37.6 Å². The van der Waals surface area contributed by atoms with Crippen molar-refractivity contribution in [3.05, 3.63) is 29.6 Å². The second kappa shape index (κ2) is 5.93. The second-order valence-electron chi connectivity index (χ2n) is 5.66. The molecule has 4 nitrogen and oxygen atoms in total. The van der Waals surface area contributed by atoms with Gasteiger partial charge in [0.25, 0.3) is 15.0 Å². The highest BCUT2D eigenvalue weighted by molar-refractivity contribution is 8.13. The van der Waals surface area contributed by atoms with Crippen LogP contribution < -0.4 is 0 Å². The molecule has 1 aromatic carbocycles. The van der Waals surface area contributed by atoms with Crippen molar-refractivity contribution < 1.29 is 17.6 Å². The van der Waals surface area contributed by atoms with Crippen LogP contribution in [0.15, 0.2) is 23.1 Å². The molecule has 21 heavy (non-hydrogen) atoms. The zero-order valence-corrected chi connectivity index (χ0v) is 13.4. The number of rotatable bonds is 5. The third kappa shape index (κ3) is 3.95. The van der Waals surface area contributed by atoms with Crippen molar-refractivity contribution in [3.8, 4) is 0 Å². The summed E-state index contributed by atoms with van der Waals surface area (Å²) in [6.07, 6.45) is 1.79. The summed E-state index contributed by atoms with van der Waals surface area (Å²) in [5.41, 5.74) is -0.246. The predicted molar refractivity (Wildman–Crippen MR) is 78.3 cm³/mol. The molecular weight excluding hydrogens is 317 g/mol. The molecule has 0 saturated heterocycles. The van der Waals surface area contributed by atoms with Gasteiger partial charge in [-0.2, -0.15) is 0 Å². The van der Waals surface area contributed by atoms with Crippen LogP contribution in [0, 0.1) is 11.7 Å². The average Bonchev–Trinajstić information content (AvgIpc) is 3.18. The van der Waals surface area contributed by atoms with E-state index in [1.54, 1.807) is 4.90 Å². The number of hydrogen-bond donors (Lipinski definition) is 0. The number of benzene rings is 1. The monoisotopic (exact) mass is 333 g/mol. The first-order valence-electron chi connectivity index (χ1n) is 6.75. The number of halogens is 2. The molecule has 116 valence electrons. The van der Waals surface area contributed by atoms with Gasteiger partial charge in [-0.3, -0.25) is 4.79 Å². The third-order valence-corrected chi connectivity index (χ3v) is 4.61. The van der Waals surface area contributed by atoms with E-state index < -0.39 is 20.8 Å². The fourth-order valence-electron chi connectivity index (χ4n) is 2.15. The minimum Gasteiger partial charge on any atom is -0.335 e. The van der Waals surface area contributed by atoms with Crippen LogP contribution in [0.2, 0.25) is 0 Å². The summed E-state index contributed by atoms with van der Waals surface area (Å²) in [5, 5.41) is 0. The summed E-state index contributed by atoms with van der Waals surface area (Å²) in [7, 11) is 1.26. The standard InChI is InChI=1S/C14H17ClFNO3S/c1-9(2)8-17(10-3-4-10)14(18)12-7-11(21(15,19)20)5-6-13(12)16/h5-7,9-10H,3-4,8H2,1-2H3. The van der Waals surface area contributed by atoms with Crippen LogP contribution in [0.3, 0.4) is 0 Å². The summed E-state index contributed by atoms with van der Waals surface area (Å²) in [4.78, 5) is 13.9. The van der Waals surface area contributed by atoms with E-state index in [-0.39, 0.29) is 22.4 Å². The number of carbonyl (C=O) groups is 1. The van der Waals surface area contributed by atoms with E-state index >= 15 is 0 Å². The maximum atomic E-state index is 13.9.